The molecule has 0 bridgehead atoms. The molecule has 7 rings (SSSR count). The minimum Gasteiger partial charge on any atom is -0.507 e. The van der Waals surface area contributed by atoms with Crippen molar-refractivity contribution in [2.24, 2.45) is 0 Å². The number of fused-ring (bicyclic) bond motifs is 3. The Labute approximate surface area is 252 Å². The molecule has 0 fully saturated rings. The number of halogens is 3. The molecular weight excluding hydrogens is 647 g/mol. The molecule has 0 aliphatic heterocycles. The van der Waals surface area contributed by atoms with Crippen LogP contribution in [0.1, 0.15) is 0 Å². The van der Waals surface area contributed by atoms with E-state index in [2.05, 4.69) is 54.0 Å². The molecular formula is C34H21Br2FN2O2. The number of aromatic nitrogens is 2. The monoisotopic (exact) mass is 666 g/mol. The van der Waals surface area contributed by atoms with Gasteiger partial charge in [-0.2, -0.15) is 4.39 Å². The summed E-state index contributed by atoms with van der Waals surface area (Å²) in [5.41, 5.74) is 5.66. The number of benzene rings is 4. The highest BCUT2D eigenvalue weighted by molar-refractivity contribution is 9.10. The maximum atomic E-state index is 14.3. The van der Waals surface area contributed by atoms with Crippen LogP contribution in [0.4, 0.5) is 4.39 Å². The fraction of sp³-hybridized carbons (Fsp3) is 0. The third-order valence-electron chi connectivity index (χ3n) is 6.54. The van der Waals surface area contributed by atoms with Crippen molar-refractivity contribution in [1.82, 2.24) is 9.97 Å². The molecule has 7 aromatic rings. The fourth-order valence-electron chi connectivity index (χ4n) is 4.53. The summed E-state index contributed by atoms with van der Waals surface area (Å²) in [6, 6.07) is 37.9. The lowest BCUT2D eigenvalue weighted by molar-refractivity contribution is 0.476. The number of rotatable bonds is 3. The van der Waals surface area contributed by atoms with E-state index in [1.54, 1.807) is 24.3 Å². The van der Waals surface area contributed by atoms with Gasteiger partial charge in [0, 0.05) is 42.0 Å². The van der Waals surface area contributed by atoms with Gasteiger partial charge in [-0.25, -0.2) is 9.97 Å². The third-order valence-corrected chi connectivity index (χ3v) is 7.52. The highest BCUT2D eigenvalue weighted by Gasteiger charge is 2.13. The maximum Gasteiger partial charge on any atom is 0.227 e. The molecule has 0 saturated heterocycles. The minimum atomic E-state index is -0.607. The van der Waals surface area contributed by atoms with E-state index in [0.29, 0.717) is 17.0 Å². The molecule has 0 atom stereocenters. The SMILES string of the molecule is Brc1ccc2oc3nc(-c4ccccc4)ccc3c2c1.Oc1ccc(Br)cc1-c1ccc(-c2ccccc2)nc1F. The van der Waals surface area contributed by atoms with Crippen molar-refractivity contribution in [3.8, 4) is 39.4 Å². The summed E-state index contributed by atoms with van der Waals surface area (Å²) >= 11 is 6.81. The molecule has 0 saturated carbocycles. The van der Waals surface area contributed by atoms with Gasteiger partial charge >= 0.3 is 0 Å². The first-order valence-corrected chi connectivity index (χ1v) is 14.3. The largest absolute Gasteiger partial charge is 0.507 e. The Hall–Kier alpha value is -4.33. The second kappa shape index (κ2) is 11.6. The number of hydrogen-bond acceptors (Lipinski definition) is 4. The van der Waals surface area contributed by atoms with Gasteiger partial charge in [-0.1, -0.05) is 92.5 Å². The maximum absolute atomic E-state index is 14.3. The van der Waals surface area contributed by atoms with Crippen molar-refractivity contribution in [3.05, 3.63) is 136 Å². The van der Waals surface area contributed by atoms with Gasteiger partial charge in [-0.15, -0.1) is 0 Å². The Balaban J connectivity index is 0.000000148. The lowest BCUT2D eigenvalue weighted by atomic mass is 10.0. The molecule has 3 heterocycles. The Morgan fingerprint density at radius 1 is 0.585 bits per heavy atom. The summed E-state index contributed by atoms with van der Waals surface area (Å²) < 4.78 is 21.9. The van der Waals surface area contributed by atoms with Crippen LogP contribution in [0.5, 0.6) is 5.75 Å². The molecule has 3 aromatic heterocycles. The van der Waals surface area contributed by atoms with Crippen LogP contribution >= 0.6 is 31.9 Å². The summed E-state index contributed by atoms with van der Waals surface area (Å²) in [5, 5.41) is 12.0. The molecule has 0 radical (unpaired) electrons. The van der Waals surface area contributed by atoms with Crippen LogP contribution in [-0.4, -0.2) is 15.1 Å². The first-order valence-electron chi connectivity index (χ1n) is 12.7. The van der Waals surface area contributed by atoms with E-state index in [0.717, 1.165) is 42.1 Å². The van der Waals surface area contributed by atoms with Crippen molar-refractivity contribution in [2.45, 2.75) is 0 Å². The first-order chi connectivity index (χ1) is 20.0. The first kappa shape index (κ1) is 26.9. The molecule has 4 aromatic carbocycles. The predicted octanol–water partition coefficient (Wildman–Crippen LogP) is 10.4. The van der Waals surface area contributed by atoms with Gasteiger partial charge in [0.2, 0.25) is 11.7 Å². The Kier molecular flexibility index (Phi) is 7.63. The van der Waals surface area contributed by atoms with Gasteiger partial charge in [0.25, 0.3) is 0 Å². The van der Waals surface area contributed by atoms with E-state index in [9.17, 15) is 9.50 Å². The zero-order valence-electron chi connectivity index (χ0n) is 21.4. The third kappa shape index (κ3) is 5.78. The Morgan fingerprint density at radius 2 is 1.20 bits per heavy atom. The van der Waals surface area contributed by atoms with Crippen molar-refractivity contribution in [3.63, 3.8) is 0 Å². The number of pyridine rings is 2. The number of phenols is 1. The molecule has 0 spiro atoms. The number of nitrogens with zero attached hydrogens (tertiary/aromatic N) is 2. The van der Waals surface area contributed by atoms with Gasteiger partial charge in [0.05, 0.1) is 11.4 Å². The van der Waals surface area contributed by atoms with E-state index in [1.165, 1.54) is 6.07 Å². The average molecular weight is 668 g/mol. The summed E-state index contributed by atoms with van der Waals surface area (Å²) in [6.07, 6.45) is 0. The van der Waals surface area contributed by atoms with Crippen LogP contribution in [-0.2, 0) is 0 Å². The van der Waals surface area contributed by atoms with Crippen LogP contribution in [0.15, 0.2) is 135 Å². The lowest BCUT2D eigenvalue weighted by Gasteiger charge is -2.08. The molecule has 0 unspecified atom stereocenters. The van der Waals surface area contributed by atoms with Crippen LogP contribution in [0.25, 0.3) is 55.7 Å². The lowest BCUT2D eigenvalue weighted by Crippen LogP contribution is -1.92. The van der Waals surface area contributed by atoms with Gasteiger partial charge < -0.3 is 9.52 Å². The minimum absolute atomic E-state index is 0.0198. The van der Waals surface area contributed by atoms with Crippen molar-refractivity contribution in [1.29, 1.82) is 0 Å². The summed E-state index contributed by atoms with van der Waals surface area (Å²) in [4.78, 5) is 8.63. The van der Waals surface area contributed by atoms with Crippen LogP contribution in [0.2, 0.25) is 0 Å². The normalized spacial score (nSPS) is 10.9. The van der Waals surface area contributed by atoms with Crippen LogP contribution in [0.3, 0.4) is 0 Å². The second-order valence-electron chi connectivity index (χ2n) is 9.22. The quantitative estimate of drug-likeness (QED) is 0.191. The summed E-state index contributed by atoms with van der Waals surface area (Å²) in [6.45, 7) is 0. The van der Waals surface area contributed by atoms with Gasteiger partial charge in [-0.3, -0.25) is 0 Å². The smallest absolute Gasteiger partial charge is 0.227 e. The topological polar surface area (TPSA) is 59.2 Å². The highest BCUT2D eigenvalue weighted by atomic mass is 79.9. The predicted molar refractivity (Wildman–Crippen MR) is 169 cm³/mol. The number of furan rings is 1. The summed E-state index contributed by atoms with van der Waals surface area (Å²) in [5.74, 6) is -0.587. The molecule has 1 N–H and O–H groups in total. The van der Waals surface area contributed by atoms with E-state index in [1.807, 2.05) is 78.9 Å². The van der Waals surface area contributed by atoms with Crippen molar-refractivity contribution < 1.29 is 13.9 Å². The molecule has 0 amide bonds. The molecule has 41 heavy (non-hydrogen) atoms. The zero-order chi connectivity index (χ0) is 28.3. The van der Waals surface area contributed by atoms with Crippen molar-refractivity contribution >= 4 is 53.9 Å². The van der Waals surface area contributed by atoms with E-state index in [4.69, 9.17) is 4.42 Å². The molecule has 200 valence electrons. The average Bonchev–Trinajstić information content (AvgIpc) is 3.37. The van der Waals surface area contributed by atoms with Gasteiger partial charge in [0.1, 0.15) is 11.3 Å². The van der Waals surface area contributed by atoms with E-state index in [-0.39, 0.29) is 11.3 Å². The van der Waals surface area contributed by atoms with Gasteiger partial charge in [0.15, 0.2) is 0 Å². The van der Waals surface area contributed by atoms with Crippen LogP contribution < -0.4 is 0 Å². The fourth-order valence-corrected chi connectivity index (χ4v) is 5.25. The molecule has 4 nitrogen and oxygen atoms in total. The summed E-state index contributed by atoms with van der Waals surface area (Å²) in [7, 11) is 0. The second-order valence-corrected chi connectivity index (χ2v) is 11.1. The zero-order valence-corrected chi connectivity index (χ0v) is 24.6. The number of aromatic hydroxyl groups is 1. The Morgan fingerprint density at radius 3 is 1.88 bits per heavy atom. The van der Waals surface area contributed by atoms with E-state index < -0.39 is 5.95 Å². The molecule has 7 heteroatoms. The number of hydrogen-bond donors (Lipinski definition) is 1. The number of phenolic OH excluding ortho intramolecular Hbond substituents is 1. The standard InChI is InChI=1S/C17H11BrFNO.C17H10BrNO/c18-12-6-9-16(21)14(10-12)13-7-8-15(20-17(13)19)11-4-2-1-3-5-11;18-12-6-9-16-14(10-12)13-7-8-15(19-17(13)20-16)11-4-2-1-3-5-11/h1-10,21H;1-10H. The highest BCUT2D eigenvalue weighted by Crippen LogP contribution is 2.34. The van der Waals surface area contributed by atoms with Gasteiger partial charge in [-0.05, 0) is 60.7 Å². The molecule has 0 aliphatic carbocycles. The molecule has 0 aliphatic rings. The van der Waals surface area contributed by atoms with Crippen molar-refractivity contribution in [2.75, 3.05) is 0 Å². The van der Waals surface area contributed by atoms with Crippen LogP contribution in [0, 0.1) is 5.95 Å². The Bertz CT molecular complexity index is 1990. The van der Waals surface area contributed by atoms with E-state index >= 15 is 0 Å².